The van der Waals surface area contributed by atoms with Gasteiger partial charge in [-0.3, -0.25) is 9.88 Å². The highest BCUT2D eigenvalue weighted by molar-refractivity contribution is 5.85. The van der Waals surface area contributed by atoms with Crippen LogP contribution in [0, 0.1) is 13.8 Å². The molecule has 1 N–H and O–H groups in total. The van der Waals surface area contributed by atoms with Gasteiger partial charge >= 0.3 is 0 Å². The Labute approximate surface area is 177 Å². The van der Waals surface area contributed by atoms with Gasteiger partial charge in [0, 0.05) is 44.4 Å². The van der Waals surface area contributed by atoms with Crippen LogP contribution < -0.4 is 5.32 Å². The van der Waals surface area contributed by atoms with Crippen LogP contribution in [0.1, 0.15) is 33.8 Å². The Bertz CT molecular complexity index is 881. The van der Waals surface area contributed by atoms with Crippen LogP contribution >= 0.6 is 24.8 Å². The number of anilines is 1. The third kappa shape index (κ3) is 5.01. The largest absolute Gasteiger partial charge is 0.465 e. The van der Waals surface area contributed by atoms with Crippen LogP contribution in [0.2, 0.25) is 0 Å². The summed E-state index contributed by atoms with van der Waals surface area (Å²) in [6.07, 6.45) is 8.43. The molecular formula is C20H25Cl2N5O. The topological polar surface area (TPSA) is 67.1 Å². The van der Waals surface area contributed by atoms with Gasteiger partial charge in [-0.05, 0) is 54.7 Å². The molecule has 0 saturated carbocycles. The van der Waals surface area contributed by atoms with Crippen molar-refractivity contribution in [3.63, 3.8) is 0 Å². The van der Waals surface area contributed by atoms with E-state index in [1.54, 1.807) is 12.4 Å². The Morgan fingerprint density at radius 3 is 2.64 bits per heavy atom. The van der Waals surface area contributed by atoms with Crippen LogP contribution in [0.15, 0.2) is 41.3 Å². The molecular weight excluding hydrogens is 397 g/mol. The van der Waals surface area contributed by atoms with Gasteiger partial charge in [0.05, 0.1) is 6.54 Å². The first-order valence-corrected chi connectivity index (χ1v) is 8.93. The van der Waals surface area contributed by atoms with E-state index in [-0.39, 0.29) is 24.8 Å². The zero-order chi connectivity index (χ0) is 17.9. The normalized spacial score (nSPS) is 13.2. The smallest absolute Gasteiger partial charge is 0.222 e. The minimum Gasteiger partial charge on any atom is -0.465 e. The van der Waals surface area contributed by atoms with Gasteiger partial charge in [-0.15, -0.1) is 24.8 Å². The molecule has 3 aromatic rings. The second-order valence-electron chi connectivity index (χ2n) is 6.77. The zero-order valence-electron chi connectivity index (χ0n) is 16.0. The van der Waals surface area contributed by atoms with Crippen molar-refractivity contribution in [3.05, 3.63) is 70.7 Å². The summed E-state index contributed by atoms with van der Waals surface area (Å²) >= 11 is 0. The minimum absolute atomic E-state index is 0. The first-order chi connectivity index (χ1) is 12.7. The number of furan rings is 1. The number of hydrogen-bond donors (Lipinski definition) is 1. The van der Waals surface area contributed by atoms with Gasteiger partial charge in [0.1, 0.15) is 11.5 Å². The molecule has 0 bridgehead atoms. The van der Waals surface area contributed by atoms with Crippen LogP contribution in [-0.2, 0) is 26.1 Å². The molecule has 0 spiro atoms. The van der Waals surface area contributed by atoms with E-state index in [1.807, 2.05) is 25.4 Å². The fourth-order valence-corrected chi connectivity index (χ4v) is 3.43. The predicted molar refractivity (Wildman–Crippen MR) is 114 cm³/mol. The van der Waals surface area contributed by atoms with E-state index >= 15 is 0 Å². The molecule has 0 atom stereocenters. The number of rotatable bonds is 5. The Morgan fingerprint density at radius 1 is 1.14 bits per heavy atom. The quantitative estimate of drug-likeness (QED) is 0.668. The lowest BCUT2D eigenvalue weighted by molar-refractivity contribution is 0.223. The van der Waals surface area contributed by atoms with Crippen LogP contribution in [0.4, 0.5) is 5.95 Å². The van der Waals surface area contributed by atoms with Crippen molar-refractivity contribution in [2.45, 2.75) is 39.9 Å². The van der Waals surface area contributed by atoms with Crippen molar-refractivity contribution in [3.8, 4) is 0 Å². The van der Waals surface area contributed by atoms with Crippen molar-refractivity contribution in [1.29, 1.82) is 0 Å². The first-order valence-electron chi connectivity index (χ1n) is 8.93. The van der Waals surface area contributed by atoms with Gasteiger partial charge in [-0.25, -0.2) is 9.97 Å². The number of aromatic nitrogens is 3. The van der Waals surface area contributed by atoms with Crippen LogP contribution in [0.5, 0.6) is 0 Å². The van der Waals surface area contributed by atoms with Crippen molar-refractivity contribution >= 4 is 30.8 Å². The van der Waals surface area contributed by atoms with Crippen molar-refractivity contribution in [2.24, 2.45) is 0 Å². The summed E-state index contributed by atoms with van der Waals surface area (Å²) in [5.74, 6) is 2.69. The SMILES string of the molecule is Cc1cc(CN2CCc3c(CNc4ncccn4)cncc3C2)oc1C.Cl.Cl. The molecule has 8 heteroatoms. The van der Waals surface area contributed by atoms with Crippen molar-refractivity contribution in [1.82, 2.24) is 19.9 Å². The lowest BCUT2D eigenvalue weighted by Gasteiger charge is -2.29. The summed E-state index contributed by atoms with van der Waals surface area (Å²) in [5, 5.41) is 3.28. The van der Waals surface area contributed by atoms with Crippen LogP contribution in [0.25, 0.3) is 0 Å². The molecule has 4 rings (SSSR count). The highest BCUT2D eigenvalue weighted by atomic mass is 35.5. The summed E-state index contributed by atoms with van der Waals surface area (Å²) in [7, 11) is 0. The molecule has 0 fully saturated rings. The maximum atomic E-state index is 5.84. The van der Waals surface area contributed by atoms with Gasteiger partial charge in [0.25, 0.3) is 0 Å². The minimum atomic E-state index is 0. The lowest BCUT2D eigenvalue weighted by atomic mass is 9.97. The average Bonchev–Trinajstić information content (AvgIpc) is 2.97. The van der Waals surface area contributed by atoms with Gasteiger partial charge < -0.3 is 9.73 Å². The Kier molecular flexibility index (Phi) is 7.80. The molecule has 0 amide bonds. The number of hydrogen-bond acceptors (Lipinski definition) is 6. The highest BCUT2D eigenvalue weighted by Gasteiger charge is 2.20. The van der Waals surface area contributed by atoms with Gasteiger partial charge in [0.15, 0.2) is 0 Å². The molecule has 1 aliphatic rings. The van der Waals surface area contributed by atoms with E-state index in [0.29, 0.717) is 12.5 Å². The van der Waals surface area contributed by atoms with Crippen LogP contribution in [-0.4, -0.2) is 26.4 Å². The van der Waals surface area contributed by atoms with E-state index < -0.39 is 0 Å². The maximum absolute atomic E-state index is 5.84. The molecule has 0 saturated heterocycles. The highest BCUT2D eigenvalue weighted by Crippen LogP contribution is 2.24. The van der Waals surface area contributed by atoms with Crippen LogP contribution in [0.3, 0.4) is 0 Å². The molecule has 3 aromatic heterocycles. The molecule has 0 aliphatic carbocycles. The van der Waals surface area contributed by atoms with Gasteiger partial charge in [-0.1, -0.05) is 0 Å². The Balaban J connectivity index is 0.00000140. The third-order valence-corrected chi connectivity index (χ3v) is 4.91. The molecule has 0 aromatic carbocycles. The van der Waals surface area contributed by atoms with Crippen molar-refractivity contribution in [2.75, 3.05) is 11.9 Å². The predicted octanol–water partition coefficient (Wildman–Crippen LogP) is 4.10. The summed E-state index contributed by atoms with van der Waals surface area (Å²) < 4.78 is 5.84. The number of fused-ring (bicyclic) bond motifs is 1. The fourth-order valence-electron chi connectivity index (χ4n) is 3.43. The molecule has 0 unspecified atom stereocenters. The summed E-state index contributed by atoms with van der Waals surface area (Å²) in [5.41, 5.74) is 5.13. The van der Waals surface area contributed by atoms with Gasteiger partial charge in [-0.2, -0.15) is 0 Å². The molecule has 1 aliphatic heterocycles. The third-order valence-electron chi connectivity index (χ3n) is 4.91. The number of nitrogens with one attached hydrogen (secondary N) is 1. The zero-order valence-corrected chi connectivity index (χ0v) is 17.6. The molecule has 28 heavy (non-hydrogen) atoms. The molecule has 0 radical (unpaired) electrons. The Morgan fingerprint density at radius 2 is 1.93 bits per heavy atom. The second kappa shape index (κ2) is 9.87. The van der Waals surface area contributed by atoms with E-state index in [9.17, 15) is 0 Å². The average molecular weight is 422 g/mol. The van der Waals surface area contributed by atoms with Crippen molar-refractivity contribution < 1.29 is 4.42 Å². The standard InChI is InChI=1S/C20H23N5O.2ClH/c1-14-8-18(26-15(14)2)13-25-7-4-19-16(9-21-10-17(19)12-25)11-24-20-22-5-3-6-23-20;;/h3,5-6,8-10H,4,7,11-13H2,1-2H3,(H,22,23,24);2*1H. The van der Waals surface area contributed by atoms with E-state index in [0.717, 1.165) is 37.6 Å². The van der Waals surface area contributed by atoms with Gasteiger partial charge in [0.2, 0.25) is 5.95 Å². The molecule has 4 heterocycles. The maximum Gasteiger partial charge on any atom is 0.222 e. The number of halogens is 2. The van der Waals surface area contributed by atoms with E-state index in [4.69, 9.17) is 4.42 Å². The monoisotopic (exact) mass is 421 g/mol. The second-order valence-corrected chi connectivity index (χ2v) is 6.77. The van der Waals surface area contributed by atoms with E-state index in [2.05, 4.69) is 38.2 Å². The molecule has 150 valence electrons. The lowest BCUT2D eigenvalue weighted by Crippen LogP contribution is -2.31. The summed E-state index contributed by atoms with van der Waals surface area (Å²) in [6, 6.07) is 3.96. The fraction of sp³-hybridized carbons (Fsp3) is 0.350. The van der Waals surface area contributed by atoms with E-state index in [1.165, 1.54) is 22.3 Å². The summed E-state index contributed by atoms with van der Waals surface area (Å²) in [4.78, 5) is 15.3. The number of aryl methyl sites for hydroxylation is 2. The summed E-state index contributed by atoms with van der Waals surface area (Å²) in [6.45, 7) is 7.56. The molecule has 6 nitrogen and oxygen atoms in total. The Hall–Kier alpha value is -2.15. The first kappa shape index (κ1) is 22.1. The number of nitrogens with zero attached hydrogens (tertiary/aromatic N) is 4. The number of pyridine rings is 1.